The molecule has 2 aliphatic heterocycles. The smallest absolute Gasteiger partial charge is 0.0350 e. The normalized spacial score (nSPS) is 27.6. The maximum atomic E-state index is 2.70. The monoisotopic (exact) mass is 196 g/mol. The molecule has 0 aromatic rings. The van der Waals surface area contributed by atoms with Gasteiger partial charge in [0.15, 0.2) is 0 Å². The van der Waals surface area contributed by atoms with Crippen LogP contribution in [0.1, 0.15) is 40.0 Å². The van der Waals surface area contributed by atoms with E-state index in [1.165, 1.54) is 45.4 Å². The number of likely N-dealkylation sites (tertiary alicyclic amines) is 2. The van der Waals surface area contributed by atoms with Gasteiger partial charge in [-0.3, -0.25) is 9.80 Å². The summed E-state index contributed by atoms with van der Waals surface area (Å²) in [5, 5.41) is 0. The van der Waals surface area contributed by atoms with Gasteiger partial charge in [-0.2, -0.15) is 0 Å². The second-order valence-corrected chi connectivity index (χ2v) is 5.83. The Balaban J connectivity index is 1.76. The zero-order valence-electron chi connectivity index (χ0n) is 9.92. The van der Waals surface area contributed by atoms with Crippen molar-refractivity contribution < 1.29 is 0 Å². The predicted octanol–water partition coefficient (Wildman–Crippen LogP) is 1.95. The summed E-state index contributed by atoms with van der Waals surface area (Å²) in [6, 6.07) is 0.870. The highest BCUT2D eigenvalue weighted by Crippen LogP contribution is 2.25. The summed E-state index contributed by atoms with van der Waals surface area (Å²) in [7, 11) is 0. The van der Waals surface area contributed by atoms with Crippen LogP contribution in [0.15, 0.2) is 0 Å². The standard InChI is InChI=1S/C12H24N2/c1-12(2,3)14-9-11(10-14)13-7-5-4-6-8-13/h11H,4-10H2,1-3H3. The van der Waals surface area contributed by atoms with Crippen LogP contribution in [0.2, 0.25) is 0 Å². The largest absolute Gasteiger partial charge is 0.298 e. The van der Waals surface area contributed by atoms with Crippen molar-refractivity contribution in [3.8, 4) is 0 Å². The topological polar surface area (TPSA) is 6.48 Å². The van der Waals surface area contributed by atoms with Gasteiger partial charge in [-0.05, 0) is 46.7 Å². The molecule has 0 aromatic carbocycles. The van der Waals surface area contributed by atoms with Gasteiger partial charge in [0.25, 0.3) is 0 Å². The van der Waals surface area contributed by atoms with Gasteiger partial charge in [0.2, 0.25) is 0 Å². The Hall–Kier alpha value is -0.0800. The number of hydrogen-bond acceptors (Lipinski definition) is 2. The van der Waals surface area contributed by atoms with E-state index in [0.717, 1.165) is 6.04 Å². The average Bonchev–Trinajstić information content (AvgIpc) is 2.00. The molecule has 2 fully saturated rings. The Morgan fingerprint density at radius 3 is 2.00 bits per heavy atom. The predicted molar refractivity (Wildman–Crippen MR) is 60.5 cm³/mol. The Kier molecular flexibility index (Phi) is 2.85. The Labute approximate surface area is 88.3 Å². The van der Waals surface area contributed by atoms with Crippen molar-refractivity contribution in [2.75, 3.05) is 26.2 Å². The van der Waals surface area contributed by atoms with Crippen molar-refractivity contribution in [2.24, 2.45) is 0 Å². The highest BCUT2D eigenvalue weighted by molar-refractivity contribution is 4.94. The molecule has 0 spiro atoms. The maximum Gasteiger partial charge on any atom is 0.0350 e. The lowest BCUT2D eigenvalue weighted by atomic mass is 9.95. The van der Waals surface area contributed by atoms with Crippen LogP contribution < -0.4 is 0 Å². The number of piperidine rings is 1. The van der Waals surface area contributed by atoms with Crippen LogP contribution >= 0.6 is 0 Å². The highest BCUT2D eigenvalue weighted by atomic mass is 15.3. The third kappa shape index (κ3) is 2.12. The van der Waals surface area contributed by atoms with Crippen LogP contribution in [-0.2, 0) is 0 Å². The zero-order valence-corrected chi connectivity index (χ0v) is 9.92. The SMILES string of the molecule is CC(C)(C)N1CC(N2CCCCC2)C1. The van der Waals surface area contributed by atoms with Crippen LogP contribution in [0.3, 0.4) is 0 Å². The molecule has 0 radical (unpaired) electrons. The summed E-state index contributed by atoms with van der Waals surface area (Å²) in [4.78, 5) is 5.29. The molecule has 0 unspecified atom stereocenters. The molecule has 0 atom stereocenters. The zero-order chi connectivity index (χ0) is 10.2. The van der Waals surface area contributed by atoms with Crippen molar-refractivity contribution in [3.63, 3.8) is 0 Å². The van der Waals surface area contributed by atoms with E-state index in [2.05, 4.69) is 30.6 Å². The van der Waals surface area contributed by atoms with Gasteiger partial charge in [-0.1, -0.05) is 6.42 Å². The quantitative estimate of drug-likeness (QED) is 0.632. The first-order valence-corrected chi connectivity index (χ1v) is 6.06. The Morgan fingerprint density at radius 1 is 0.929 bits per heavy atom. The molecule has 0 aromatic heterocycles. The van der Waals surface area contributed by atoms with Crippen LogP contribution in [0.25, 0.3) is 0 Å². The highest BCUT2D eigenvalue weighted by Gasteiger charge is 2.37. The molecule has 2 aliphatic rings. The first-order valence-electron chi connectivity index (χ1n) is 6.06. The van der Waals surface area contributed by atoms with E-state index in [0.29, 0.717) is 5.54 Å². The first kappa shape index (κ1) is 10.4. The van der Waals surface area contributed by atoms with Gasteiger partial charge in [-0.25, -0.2) is 0 Å². The summed E-state index contributed by atoms with van der Waals surface area (Å²) in [6.45, 7) is 12.2. The first-order chi connectivity index (χ1) is 6.57. The second-order valence-electron chi connectivity index (χ2n) is 5.83. The molecule has 2 heterocycles. The summed E-state index contributed by atoms with van der Waals surface area (Å²) < 4.78 is 0. The lowest BCUT2D eigenvalue weighted by molar-refractivity contribution is -0.0280. The average molecular weight is 196 g/mol. The van der Waals surface area contributed by atoms with E-state index in [-0.39, 0.29) is 0 Å². The van der Waals surface area contributed by atoms with E-state index >= 15 is 0 Å². The van der Waals surface area contributed by atoms with Crippen molar-refractivity contribution >= 4 is 0 Å². The van der Waals surface area contributed by atoms with E-state index in [4.69, 9.17) is 0 Å². The third-order valence-corrected chi connectivity index (χ3v) is 3.72. The molecular formula is C12H24N2. The van der Waals surface area contributed by atoms with Gasteiger partial charge in [0, 0.05) is 24.7 Å². The van der Waals surface area contributed by atoms with Gasteiger partial charge < -0.3 is 0 Å². The molecule has 2 nitrogen and oxygen atoms in total. The van der Waals surface area contributed by atoms with Crippen LogP contribution in [0, 0.1) is 0 Å². The lowest BCUT2D eigenvalue weighted by Gasteiger charge is -2.52. The Morgan fingerprint density at radius 2 is 1.50 bits per heavy atom. The van der Waals surface area contributed by atoms with Crippen molar-refractivity contribution in [1.82, 2.24) is 9.80 Å². The molecule has 14 heavy (non-hydrogen) atoms. The van der Waals surface area contributed by atoms with E-state index < -0.39 is 0 Å². The summed E-state index contributed by atoms with van der Waals surface area (Å²) >= 11 is 0. The molecule has 0 bridgehead atoms. The molecule has 0 aliphatic carbocycles. The molecule has 2 heteroatoms. The fourth-order valence-corrected chi connectivity index (χ4v) is 2.52. The van der Waals surface area contributed by atoms with Gasteiger partial charge in [-0.15, -0.1) is 0 Å². The van der Waals surface area contributed by atoms with Crippen molar-refractivity contribution in [2.45, 2.75) is 51.6 Å². The molecule has 0 N–H and O–H groups in total. The molecular weight excluding hydrogens is 172 g/mol. The number of rotatable bonds is 1. The fourth-order valence-electron chi connectivity index (χ4n) is 2.52. The molecule has 0 amide bonds. The minimum Gasteiger partial charge on any atom is -0.298 e. The Bertz CT molecular complexity index is 183. The van der Waals surface area contributed by atoms with Gasteiger partial charge in [0.1, 0.15) is 0 Å². The van der Waals surface area contributed by atoms with Crippen molar-refractivity contribution in [1.29, 1.82) is 0 Å². The minimum atomic E-state index is 0.381. The molecule has 0 saturated carbocycles. The molecule has 82 valence electrons. The van der Waals surface area contributed by atoms with E-state index in [9.17, 15) is 0 Å². The van der Waals surface area contributed by atoms with Gasteiger partial charge in [0.05, 0.1) is 0 Å². The second kappa shape index (κ2) is 3.82. The fraction of sp³-hybridized carbons (Fsp3) is 1.00. The molecule has 2 rings (SSSR count). The van der Waals surface area contributed by atoms with Crippen molar-refractivity contribution in [3.05, 3.63) is 0 Å². The van der Waals surface area contributed by atoms with Gasteiger partial charge >= 0.3 is 0 Å². The van der Waals surface area contributed by atoms with E-state index in [1.54, 1.807) is 0 Å². The van der Waals surface area contributed by atoms with Crippen LogP contribution in [-0.4, -0.2) is 47.6 Å². The third-order valence-electron chi connectivity index (χ3n) is 3.72. The summed E-state index contributed by atoms with van der Waals surface area (Å²) in [5.41, 5.74) is 0.381. The lowest BCUT2D eigenvalue weighted by Crippen LogP contribution is -2.65. The summed E-state index contributed by atoms with van der Waals surface area (Å²) in [5.74, 6) is 0. The van der Waals surface area contributed by atoms with Crippen LogP contribution in [0.4, 0.5) is 0 Å². The molecule has 2 saturated heterocycles. The van der Waals surface area contributed by atoms with E-state index in [1.807, 2.05) is 0 Å². The van der Waals surface area contributed by atoms with Crippen LogP contribution in [0.5, 0.6) is 0 Å². The summed E-state index contributed by atoms with van der Waals surface area (Å²) in [6.07, 6.45) is 4.30. The maximum absolute atomic E-state index is 2.70. The number of nitrogens with zero attached hydrogens (tertiary/aromatic N) is 2. The number of hydrogen-bond donors (Lipinski definition) is 0. The minimum absolute atomic E-state index is 0.381.